The number of carbonyl (C=O) groups excluding carboxylic acids is 1. The van der Waals surface area contributed by atoms with Crippen molar-refractivity contribution in [1.82, 2.24) is 5.32 Å². The molecule has 3 nitrogen and oxygen atoms in total. The second-order valence-electron chi connectivity index (χ2n) is 3.23. The molecule has 1 aromatic carbocycles. The van der Waals surface area contributed by atoms with Gasteiger partial charge in [-0.2, -0.15) is 12.6 Å². The van der Waals surface area contributed by atoms with Crippen molar-refractivity contribution in [2.24, 2.45) is 0 Å². The Morgan fingerprint density at radius 1 is 1.50 bits per heavy atom. The van der Waals surface area contributed by atoms with Gasteiger partial charge in [-0.1, -0.05) is 11.6 Å². The Bertz CT molecular complexity index is 342. The summed E-state index contributed by atoms with van der Waals surface area (Å²) in [7, 11) is 0. The maximum atomic E-state index is 11.5. The minimum Gasteiger partial charge on any atom is -0.481 e. The number of amides is 1. The largest absolute Gasteiger partial charge is 0.481 e. The summed E-state index contributed by atoms with van der Waals surface area (Å²) in [5.41, 5.74) is 0. The molecule has 1 N–H and O–H groups in total. The summed E-state index contributed by atoms with van der Waals surface area (Å²) < 4.78 is 5.43. The van der Waals surface area contributed by atoms with Crippen molar-refractivity contribution >= 4 is 30.1 Å². The van der Waals surface area contributed by atoms with Gasteiger partial charge in [-0.05, 0) is 31.2 Å². The highest BCUT2D eigenvalue weighted by Gasteiger charge is 2.13. The molecule has 1 rings (SSSR count). The zero-order valence-corrected chi connectivity index (χ0v) is 10.6. The van der Waals surface area contributed by atoms with Crippen LogP contribution in [-0.4, -0.2) is 24.3 Å². The molecule has 0 aliphatic rings. The Hall–Kier alpha value is -0.870. The monoisotopic (exact) mass is 259 g/mol. The molecule has 1 aromatic rings. The normalized spacial score (nSPS) is 11.9. The van der Waals surface area contributed by atoms with Gasteiger partial charge in [0.1, 0.15) is 5.75 Å². The first-order valence-corrected chi connectivity index (χ1v) is 5.95. The van der Waals surface area contributed by atoms with E-state index < -0.39 is 6.10 Å². The Kier molecular flexibility index (Phi) is 5.49. The second-order valence-corrected chi connectivity index (χ2v) is 4.11. The van der Waals surface area contributed by atoms with Crippen molar-refractivity contribution in [3.8, 4) is 5.75 Å². The second kappa shape index (κ2) is 6.66. The minimum atomic E-state index is -0.527. The van der Waals surface area contributed by atoms with E-state index in [1.54, 1.807) is 31.2 Å². The third kappa shape index (κ3) is 4.33. The fourth-order valence-electron chi connectivity index (χ4n) is 1.09. The highest BCUT2D eigenvalue weighted by molar-refractivity contribution is 7.80. The van der Waals surface area contributed by atoms with E-state index in [0.717, 1.165) is 0 Å². The number of hydrogen-bond donors (Lipinski definition) is 2. The predicted molar refractivity (Wildman–Crippen MR) is 68.4 cm³/mol. The predicted octanol–water partition coefficient (Wildman–Crippen LogP) is 2.15. The van der Waals surface area contributed by atoms with Crippen LogP contribution in [0.5, 0.6) is 5.75 Å². The van der Waals surface area contributed by atoms with E-state index in [0.29, 0.717) is 23.1 Å². The summed E-state index contributed by atoms with van der Waals surface area (Å²) in [5, 5.41) is 3.34. The zero-order valence-electron chi connectivity index (χ0n) is 8.94. The average molecular weight is 260 g/mol. The van der Waals surface area contributed by atoms with Crippen molar-refractivity contribution in [2.45, 2.75) is 13.0 Å². The molecule has 0 fully saturated rings. The molecule has 1 unspecified atom stereocenters. The van der Waals surface area contributed by atoms with E-state index in [4.69, 9.17) is 16.3 Å². The van der Waals surface area contributed by atoms with Crippen LogP contribution in [0.3, 0.4) is 0 Å². The molecule has 0 spiro atoms. The molecular weight excluding hydrogens is 246 g/mol. The molecule has 1 amide bonds. The van der Waals surface area contributed by atoms with Crippen LogP contribution in [0.15, 0.2) is 24.3 Å². The Balaban J connectivity index is 2.47. The fraction of sp³-hybridized carbons (Fsp3) is 0.364. The summed E-state index contributed by atoms with van der Waals surface area (Å²) in [6, 6.07) is 6.89. The van der Waals surface area contributed by atoms with Crippen LogP contribution >= 0.6 is 24.2 Å². The summed E-state index contributed by atoms with van der Waals surface area (Å²) in [6.45, 7) is 2.23. The van der Waals surface area contributed by atoms with Gasteiger partial charge in [0, 0.05) is 17.3 Å². The molecule has 0 saturated carbocycles. The topological polar surface area (TPSA) is 38.3 Å². The number of ether oxygens (including phenoxy) is 1. The van der Waals surface area contributed by atoms with Gasteiger partial charge in [0.15, 0.2) is 6.10 Å². The number of thiol groups is 1. The van der Waals surface area contributed by atoms with E-state index in [2.05, 4.69) is 17.9 Å². The molecule has 16 heavy (non-hydrogen) atoms. The number of halogens is 1. The lowest BCUT2D eigenvalue weighted by Gasteiger charge is -2.14. The Labute approximate surface area is 106 Å². The van der Waals surface area contributed by atoms with E-state index in [1.807, 2.05) is 0 Å². The smallest absolute Gasteiger partial charge is 0.260 e. The van der Waals surface area contributed by atoms with Crippen molar-refractivity contribution in [3.05, 3.63) is 29.3 Å². The van der Waals surface area contributed by atoms with Gasteiger partial charge in [0.2, 0.25) is 0 Å². The van der Waals surface area contributed by atoms with Gasteiger partial charge in [-0.3, -0.25) is 4.79 Å². The van der Waals surface area contributed by atoms with E-state index >= 15 is 0 Å². The summed E-state index contributed by atoms with van der Waals surface area (Å²) in [4.78, 5) is 11.5. The van der Waals surface area contributed by atoms with Gasteiger partial charge in [0.05, 0.1) is 0 Å². The third-order valence-electron chi connectivity index (χ3n) is 1.91. The van der Waals surface area contributed by atoms with Crippen molar-refractivity contribution in [1.29, 1.82) is 0 Å². The van der Waals surface area contributed by atoms with Gasteiger partial charge in [-0.15, -0.1) is 0 Å². The fourth-order valence-corrected chi connectivity index (χ4v) is 1.33. The van der Waals surface area contributed by atoms with Gasteiger partial charge in [-0.25, -0.2) is 0 Å². The zero-order chi connectivity index (χ0) is 12.0. The molecular formula is C11H14ClNO2S. The number of carbonyl (C=O) groups is 1. The molecule has 0 heterocycles. The molecule has 5 heteroatoms. The van der Waals surface area contributed by atoms with Crippen LogP contribution in [0.4, 0.5) is 0 Å². The maximum absolute atomic E-state index is 11.5. The lowest BCUT2D eigenvalue weighted by Crippen LogP contribution is -2.37. The Morgan fingerprint density at radius 3 is 2.69 bits per heavy atom. The lowest BCUT2D eigenvalue weighted by molar-refractivity contribution is -0.127. The number of benzene rings is 1. The van der Waals surface area contributed by atoms with Crippen LogP contribution < -0.4 is 10.1 Å². The highest BCUT2D eigenvalue weighted by Crippen LogP contribution is 2.16. The van der Waals surface area contributed by atoms with Crippen molar-refractivity contribution < 1.29 is 9.53 Å². The third-order valence-corrected chi connectivity index (χ3v) is 2.38. The molecule has 1 atom stereocenters. The first kappa shape index (κ1) is 13.2. The van der Waals surface area contributed by atoms with Crippen molar-refractivity contribution in [3.63, 3.8) is 0 Å². The molecule has 0 aliphatic carbocycles. The van der Waals surface area contributed by atoms with Gasteiger partial charge in [0.25, 0.3) is 5.91 Å². The van der Waals surface area contributed by atoms with Crippen LogP contribution in [0.1, 0.15) is 6.92 Å². The summed E-state index contributed by atoms with van der Waals surface area (Å²) in [5.74, 6) is 1.08. The summed E-state index contributed by atoms with van der Waals surface area (Å²) in [6.07, 6.45) is -0.527. The first-order chi connectivity index (χ1) is 7.63. The average Bonchev–Trinajstić information content (AvgIpc) is 2.29. The van der Waals surface area contributed by atoms with Crippen LogP contribution in [0.25, 0.3) is 0 Å². The number of nitrogens with one attached hydrogen (secondary N) is 1. The van der Waals surface area contributed by atoms with Crippen LogP contribution in [-0.2, 0) is 4.79 Å². The van der Waals surface area contributed by atoms with E-state index in [-0.39, 0.29) is 5.91 Å². The first-order valence-electron chi connectivity index (χ1n) is 4.94. The minimum absolute atomic E-state index is 0.149. The van der Waals surface area contributed by atoms with E-state index in [1.165, 1.54) is 0 Å². The molecule has 0 bridgehead atoms. The Morgan fingerprint density at radius 2 is 2.12 bits per heavy atom. The summed E-state index contributed by atoms with van der Waals surface area (Å²) >= 11 is 9.74. The van der Waals surface area contributed by atoms with Crippen molar-refractivity contribution in [2.75, 3.05) is 12.3 Å². The molecule has 0 saturated heterocycles. The lowest BCUT2D eigenvalue weighted by atomic mass is 10.3. The highest BCUT2D eigenvalue weighted by atomic mass is 35.5. The molecule has 0 aliphatic heterocycles. The number of hydrogen-bond acceptors (Lipinski definition) is 3. The van der Waals surface area contributed by atoms with Crippen LogP contribution in [0.2, 0.25) is 5.02 Å². The van der Waals surface area contributed by atoms with Gasteiger partial charge < -0.3 is 10.1 Å². The quantitative estimate of drug-likeness (QED) is 0.796. The van der Waals surface area contributed by atoms with Gasteiger partial charge >= 0.3 is 0 Å². The molecule has 88 valence electrons. The van der Waals surface area contributed by atoms with E-state index in [9.17, 15) is 4.79 Å². The molecule has 0 aromatic heterocycles. The molecule has 0 radical (unpaired) electrons. The van der Waals surface area contributed by atoms with Crippen LogP contribution in [0, 0.1) is 0 Å². The number of rotatable bonds is 5. The SMILES string of the molecule is CC(Oc1ccc(Cl)cc1)C(=O)NCCS. The maximum Gasteiger partial charge on any atom is 0.260 e. The standard InChI is InChI=1S/C11H14ClNO2S/c1-8(11(14)13-6-7-16)15-10-4-2-9(12)3-5-10/h2-5,8,16H,6-7H2,1H3,(H,13,14).